The normalized spacial score (nSPS) is 16.9. The third kappa shape index (κ3) is 2.79. The van der Waals surface area contributed by atoms with Crippen LogP contribution in [0.1, 0.15) is 5.56 Å². The van der Waals surface area contributed by atoms with E-state index in [1.54, 1.807) is 13.0 Å². The SMILES string of the molecule is Cc1cc(N2CCNCC2)c(Cl)cc1S(C)(=O)=O. The summed E-state index contributed by atoms with van der Waals surface area (Å²) in [5.74, 6) is 0. The number of nitrogens with one attached hydrogen (secondary N) is 1. The van der Waals surface area contributed by atoms with Crippen molar-refractivity contribution in [2.24, 2.45) is 0 Å². The Balaban J connectivity index is 2.42. The van der Waals surface area contributed by atoms with Crippen LogP contribution in [0, 0.1) is 6.92 Å². The molecule has 1 aliphatic heterocycles. The number of anilines is 1. The molecule has 0 unspecified atom stereocenters. The zero-order chi connectivity index (χ0) is 13.3. The van der Waals surface area contributed by atoms with Crippen LogP contribution in [0.4, 0.5) is 5.69 Å². The molecule has 0 bridgehead atoms. The summed E-state index contributed by atoms with van der Waals surface area (Å²) in [4.78, 5) is 2.49. The van der Waals surface area contributed by atoms with E-state index in [1.807, 2.05) is 6.07 Å². The second-order valence-electron chi connectivity index (χ2n) is 4.58. The fourth-order valence-corrected chi connectivity index (χ4v) is 3.52. The van der Waals surface area contributed by atoms with Crippen LogP contribution in [0.2, 0.25) is 5.02 Å². The van der Waals surface area contributed by atoms with Crippen LogP contribution in [0.5, 0.6) is 0 Å². The van der Waals surface area contributed by atoms with E-state index in [1.165, 1.54) is 6.26 Å². The molecule has 1 aromatic rings. The maximum absolute atomic E-state index is 11.6. The van der Waals surface area contributed by atoms with E-state index in [9.17, 15) is 8.42 Å². The molecule has 18 heavy (non-hydrogen) atoms. The van der Waals surface area contributed by atoms with Gasteiger partial charge in [-0.05, 0) is 24.6 Å². The van der Waals surface area contributed by atoms with Gasteiger partial charge in [-0.15, -0.1) is 0 Å². The number of sulfone groups is 1. The number of nitrogens with zero attached hydrogens (tertiary/aromatic N) is 1. The Kier molecular flexibility index (Phi) is 3.84. The molecule has 0 aromatic heterocycles. The van der Waals surface area contributed by atoms with E-state index in [0.29, 0.717) is 9.92 Å². The van der Waals surface area contributed by atoms with Crippen molar-refractivity contribution in [3.63, 3.8) is 0 Å². The number of rotatable bonds is 2. The molecule has 100 valence electrons. The van der Waals surface area contributed by atoms with Crippen LogP contribution < -0.4 is 10.2 Å². The standard InChI is InChI=1S/C12H17ClN2O2S/c1-9-7-11(15-5-3-14-4-6-15)10(13)8-12(9)18(2,16)17/h7-8,14H,3-6H2,1-2H3. The highest BCUT2D eigenvalue weighted by molar-refractivity contribution is 7.90. The lowest BCUT2D eigenvalue weighted by molar-refractivity contribution is 0.588. The van der Waals surface area contributed by atoms with Gasteiger partial charge >= 0.3 is 0 Å². The summed E-state index contributed by atoms with van der Waals surface area (Å²) in [5.41, 5.74) is 1.67. The van der Waals surface area contributed by atoms with Gasteiger partial charge in [0.25, 0.3) is 0 Å². The van der Waals surface area contributed by atoms with Gasteiger partial charge in [0.15, 0.2) is 9.84 Å². The van der Waals surface area contributed by atoms with Crippen LogP contribution in [-0.2, 0) is 9.84 Å². The average molecular weight is 289 g/mol. The Bertz CT molecular complexity index is 551. The quantitative estimate of drug-likeness (QED) is 0.895. The maximum Gasteiger partial charge on any atom is 0.175 e. The molecule has 1 fully saturated rings. The number of benzene rings is 1. The van der Waals surface area contributed by atoms with Gasteiger partial charge in [-0.1, -0.05) is 11.6 Å². The molecule has 1 aromatic carbocycles. The summed E-state index contributed by atoms with van der Waals surface area (Å²) >= 11 is 6.21. The lowest BCUT2D eigenvalue weighted by Crippen LogP contribution is -2.43. The van der Waals surface area contributed by atoms with E-state index in [0.717, 1.165) is 37.4 Å². The second-order valence-corrected chi connectivity index (χ2v) is 6.97. The number of hydrogen-bond acceptors (Lipinski definition) is 4. The Labute approximate surface area is 113 Å². The largest absolute Gasteiger partial charge is 0.368 e. The van der Waals surface area contributed by atoms with Crippen LogP contribution >= 0.6 is 11.6 Å². The monoisotopic (exact) mass is 288 g/mol. The number of aryl methyl sites for hydroxylation is 1. The van der Waals surface area contributed by atoms with E-state index in [4.69, 9.17) is 11.6 Å². The van der Waals surface area contributed by atoms with Gasteiger partial charge in [0.2, 0.25) is 0 Å². The molecular weight excluding hydrogens is 272 g/mol. The molecule has 1 heterocycles. The van der Waals surface area contributed by atoms with Crippen LogP contribution in [0.15, 0.2) is 17.0 Å². The minimum atomic E-state index is -3.22. The first-order chi connectivity index (χ1) is 8.39. The van der Waals surface area contributed by atoms with Gasteiger partial charge < -0.3 is 10.2 Å². The molecular formula is C12H17ClN2O2S. The summed E-state index contributed by atoms with van der Waals surface area (Å²) in [6.45, 7) is 5.42. The zero-order valence-corrected chi connectivity index (χ0v) is 12.1. The topological polar surface area (TPSA) is 49.4 Å². The number of halogens is 1. The van der Waals surface area contributed by atoms with E-state index < -0.39 is 9.84 Å². The first kappa shape index (κ1) is 13.6. The Hall–Kier alpha value is -0.780. The van der Waals surface area contributed by atoms with Crippen molar-refractivity contribution in [3.05, 3.63) is 22.7 Å². The summed E-state index contributed by atoms with van der Waals surface area (Å²) in [7, 11) is -3.22. The fraction of sp³-hybridized carbons (Fsp3) is 0.500. The molecule has 0 aliphatic carbocycles. The third-order valence-electron chi connectivity index (χ3n) is 3.10. The van der Waals surface area contributed by atoms with Crippen molar-refractivity contribution in [2.75, 3.05) is 37.3 Å². The minimum Gasteiger partial charge on any atom is -0.368 e. The lowest BCUT2D eigenvalue weighted by atomic mass is 10.2. The maximum atomic E-state index is 11.6. The molecule has 0 amide bonds. The molecule has 0 spiro atoms. The summed E-state index contributed by atoms with van der Waals surface area (Å²) in [6.07, 6.45) is 1.20. The summed E-state index contributed by atoms with van der Waals surface area (Å²) in [6, 6.07) is 3.42. The van der Waals surface area contributed by atoms with Gasteiger partial charge in [-0.25, -0.2) is 8.42 Å². The van der Waals surface area contributed by atoms with Crippen LogP contribution in [-0.4, -0.2) is 40.9 Å². The average Bonchev–Trinajstić information content (AvgIpc) is 2.31. The Morgan fingerprint density at radius 3 is 2.44 bits per heavy atom. The van der Waals surface area contributed by atoms with E-state index >= 15 is 0 Å². The van der Waals surface area contributed by atoms with E-state index in [2.05, 4.69) is 10.2 Å². The highest BCUT2D eigenvalue weighted by Gasteiger charge is 2.18. The van der Waals surface area contributed by atoms with Gasteiger partial charge in [-0.3, -0.25) is 0 Å². The molecule has 6 heteroatoms. The fourth-order valence-electron chi connectivity index (χ4n) is 2.20. The smallest absolute Gasteiger partial charge is 0.175 e. The second kappa shape index (κ2) is 5.07. The van der Waals surface area contributed by atoms with Crippen molar-refractivity contribution in [1.29, 1.82) is 0 Å². The Morgan fingerprint density at radius 2 is 1.89 bits per heavy atom. The predicted octanol–water partition coefficient (Wildman–Crippen LogP) is 1.46. The van der Waals surface area contributed by atoms with Crippen molar-refractivity contribution < 1.29 is 8.42 Å². The Morgan fingerprint density at radius 1 is 1.28 bits per heavy atom. The third-order valence-corrected chi connectivity index (χ3v) is 4.64. The molecule has 0 saturated carbocycles. The van der Waals surface area contributed by atoms with Crippen molar-refractivity contribution in [3.8, 4) is 0 Å². The number of hydrogen-bond donors (Lipinski definition) is 1. The van der Waals surface area contributed by atoms with E-state index in [-0.39, 0.29) is 0 Å². The highest BCUT2D eigenvalue weighted by atomic mass is 35.5. The van der Waals surface area contributed by atoms with Crippen LogP contribution in [0.3, 0.4) is 0 Å². The molecule has 4 nitrogen and oxygen atoms in total. The van der Waals surface area contributed by atoms with Gasteiger partial charge in [-0.2, -0.15) is 0 Å². The number of piperazine rings is 1. The highest BCUT2D eigenvalue weighted by Crippen LogP contribution is 2.31. The zero-order valence-electron chi connectivity index (χ0n) is 10.5. The van der Waals surface area contributed by atoms with Crippen LogP contribution in [0.25, 0.3) is 0 Å². The molecule has 1 N–H and O–H groups in total. The van der Waals surface area contributed by atoms with Crippen molar-refractivity contribution >= 4 is 27.1 Å². The summed E-state index contributed by atoms with van der Waals surface area (Å²) < 4.78 is 23.2. The molecule has 2 rings (SSSR count). The van der Waals surface area contributed by atoms with Gasteiger partial charge in [0.05, 0.1) is 15.6 Å². The minimum absolute atomic E-state index is 0.311. The van der Waals surface area contributed by atoms with Crippen molar-refractivity contribution in [2.45, 2.75) is 11.8 Å². The first-order valence-electron chi connectivity index (χ1n) is 5.85. The first-order valence-corrected chi connectivity index (χ1v) is 8.12. The molecule has 1 saturated heterocycles. The van der Waals surface area contributed by atoms with Crippen molar-refractivity contribution in [1.82, 2.24) is 5.32 Å². The predicted molar refractivity (Wildman–Crippen MR) is 74.4 cm³/mol. The molecule has 1 aliphatic rings. The molecule has 0 radical (unpaired) electrons. The van der Waals surface area contributed by atoms with Gasteiger partial charge in [0.1, 0.15) is 0 Å². The summed E-state index contributed by atoms with van der Waals surface area (Å²) in [5, 5.41) is 3.78. The lowest BCUT2D eigenvalue weighted by Gasteiger charge is -2.30. The van der Waals surface area contributed by atoms with Gasteiger partial charge in [0, 0.05) is 32.4 Å². The molecule has 0 atom stereocenters.